The summed E-state index contributed by atoms with van der Waals surface area (Å²) >= 11 is 0. The molecule has 0 spiro atoms. The SMILES string of the molecule is CC.CNC(C#N)Cc1c(C)c2cc(C)ccc2[nH]c1=O. The Bertz CT molecular complexity index is 710. The van der Waals surface area contributed by atoms with E-state index in [1.54, 1.807) is 7.05 Å². The molecule has 0 saturated heterocycles. The lowest BCUT2D eigenvalue weighted by molar-refractivity contribution is 0.670. The highest BCUT2D eigenvalue weighted by Crippen LogP contribution is 2.19. The highest BCUT2D eigenvalue weighted by atomic mass is 16.1. The van der Waals surface area contributed by atoms with E-state index in [0.29, 0.717) is 12.0 Å². The van der Waals surface area contributed by atoms with Gasteiger partial charge in [0.05, 0.1) is 12.1 Å². The van der Waals surface area contributed by atoms with Gasteiger partial charge in [0.25, 0.3) is 5.56 Å². The third-order valence-electron chi connectivity index (χ3n) is 3.47. The number of aromatic nitrogens is 1. The number of benzene rings is 1. The van der Waals surface area contributed by atoms with Crippen LogP contribution in [0.25, 0.3) is 10.9 Å². The van der Waals surface area contributed by atoms with Crippen molar-refractivity contribution in [2.75, 3.05) is 7.05 Å². The third kappa shape index (κ3) is 3.71. The summed E-state index contributed by atoms with van der Waals surface area (Å²) in [7, 11) is 1.72. The molecule has 0 radical (unpaired) electrons. The molecule has 1 heterocycles. The van der Waals surface area contributed by atoms with Crippen molar-refractivity contribution in [3.8, 4) is 6.07 Å². The number of fused-ring (bicyclic) bond motifs is 1. The lowest BCUT2D eigenvalue weighted by atomic mass is 9.98. The molecule has 21 heavy (non-hydrogen) atoms. The largest absolute Gasteiger partial charge is 0.322 e. The van der Waals surface area contributed by atoms with E-state index >= 15 is 0 Å². The number of nitrogens with one attached hydrogen (secondary N) is 2. The maximum atomic E-state index is 12.1. The first-order valence-corrected chi connectivity index (χ1v) is 7.25. The molecule has 1 unspecified atom stereocenters. The van der Waals surface area contributed by atoms with Gasteiger partial charge in [0.15, 0.2) is 0 Å². The zero-order valence-corrected chi connectivity index (χ0v) is 13.4. The fraction of sp³-hybridized carbons (Fsp3) is 0.412. The molecule has 0 aliphatic heterocycles. The first-order valence-electron chi connectivity index (χ1n) is 7.25. The minimum Gasteiger partial charge on any atom is -0.322 e. The van der Waals surface area contributed by atoms with Crippen LogP contribution in [-0.2, 0) is 6.42 Å². The van der Waals surface area contributed by atoms with Crippen LogP contribution in [0.5, 0.6) is 0 Å². The predicted molar refractivity (Wildman–Crippen MR) is 87.6 cm³/mol. The van der Waals surface area contributed by atoms with Crippen LogP contribution in [0.4, 0.5) is 0 Å². The van der Waals surface area contributed by atoms with Crippen molar-refractivity contribution in [2.45, 2.75) is 40.2 Å². The van der Waals surface area contributed by atoms with E-state index < -0.39 is 0 Å². The van der Waals surface area contributed by atoms with E-state index in [0.717, 1.165) is 22.0 Å². The summed E-state index contributed by atoms with van der Waals surface area (Å²) in [4.78, 5) is 15.0. The molecule has 2 N–H and O–H groups in total. The van der Waals surface area contributed by atoms with Gasteiger partial charge in [-0.3, -0.25) is 4.79 Å². The fourth-order valence-electron chi connectivity index (χ4n) is 2.27. The van der Waals surface area contributed by atoms with Crippen molar-refractivity contribution in [1.82, 2.24) is 10.3 Å². The van der Waals surface area contributed by atoms with Crippen LogP contribution < -0.4 is 10.9 Å². The Balaban J connectivity index is 0.00000106. The molecule has 1 aromatic heterocycles. The molecule has 2 rings (SSSR count). The van der Waals surface area contributed by atoms with Gasteiger partial charge >= 0.3 is 0 Å². The number of nitriles is 1. The van der Waals surface area contributed by atoms with Gasteiger partial charge in [0.1, 0.15) is 0 Å². The molecule has 0 fully saturated rings. The van der Waals surface area contributed by atoms with Crippen LogP contribution in [0.15, 0.2) is 23.0 Å². The van der Waals surface area contributed by atoms with Crippen molar-refractivity contribution in [3.05, 3.63) is 45.2 Å². The van der Waals surface area contributed by atoms with Gasteiger partial charge in [-0.2, -0.15) is 5.26 Å². The number of H-pyrrole nitrogens is 1. The summed E-state index contributed by atoms with van der Waals surface area (Å²) in [5.74, 6) is 0. The summed E-state index contributed by atoms with van der Waals surface area (Å²) in [6, 6.07) is 7.76. The van der Waals surface area contributed by atoms with Gasteiger partial charge in [-0.1, -0.05) is 25.5 Å². The van der Waals surface area contributed by atoms with E-state index in [9.17, 15) is 4.79 Å². The normalized spacial score (nSPS) is 11.4. The number of hydrogen-bond acceptors (Lipinski definition) is 3. The van der Waals surface area contributed by atoms with Crippen molar-refractivity contribution >= 4 is 10.9 Å². The van der Waals surface area contributed by atoms with E-state index in [-0.39, 0.29) is 11.6 Å². The molecule has 0 amide bonds. The Kier molecular flexibility index (Phi) is 6.13. The summed E-state index contributed by atoms with van der Waals surface area (Å²) < 4.78 is 0. The second kappa shape index (κ2) is 7.61. The zero-order chi connectivity index (χ0) is 16.0. The Hall–Kier alpha value is -2.12. The van der Waals surface area contributed by atoms with Crippen molar-refractivity contribution in [1.29, 1.82) is 5.26 Å². The number of aromatic amines is 1. The van der Waals surface area contributed by atoms with Crippen molar-refractivity contribution in [3.63, 3.8) is 0 Å². The first-order chi connectivity index (χ1) is 10.1. The summed E-state index contributed by atoms with van der Waals surface area (Å²) in [6.45, 7) is 7.96. The van der Waals surface area contributed by atoms with Crippen molar-refractivity contribution < 1.29 is 0 Å². The smallest absolute Gasteiger partial charge is 0.251 e. The molecular weight excluding hydrogens is 262 g/mol. The van der Waals surface area contributed by atoms with E-state index in [4.69, 9.17) is 5.26 Å². The molecule has 0 aliphatic carbocycles. The maximum absolute atomic E-state index is 12.1. The number of rotatable bonds is 3. The highest BCUT2D eigenvalue weighted by Gasteiger charge is 2.13. The van der Waals surface area contributed by atoms with Gasteiger partial charge < -0.3 is 10.3 Å². The van der Waals surface area contributed by atoms with Gasteiger partial charge in [-0.15, -0.1) is 0 Å². The van der Waals surface area contributed by atoms with Gasteiger partial charge in [0.2, 0.25) is 0 Å². The highest BCUT2D eigenvalue weighted by molar-refractivity contribution is 5.83. The van der Waals surface area contributed by atoms with E-state index in [1.807, 2.05) is 39.8 Å². The van der Waals surface area contributed by atoms with Gasteiger partial charge in [0, 0.05) is 22.9 Å². The van der Waals surface area contributed by atoms with E-state index in [1.165, 1.54) is 0 Å². The van der Waals surface area contributed by atoms with Gasteiger partial charge in [-0.25, -0.2) is 0 Å². The second-order valence-electron chi connectivity index (χ2n) is 4.78. The average molecular weight is 285 g/mol. The topological polar surface area (TPSA) is 68.7 Å². The number of nitrogens with zero attached hydrogens (tertiary/aromatic N) is 1. The lowest BCUT2D eigenvalue weighted by Gasteiger charge is -2.12. The Labute approximate surface area is 125 Å². The van der Waals surface area contributed by atoms with Crippen LogP contribution in [0, 0.1) is 25.2 Å². The third-order valence-corrected chi connectivity index (χ3v) is 3.47. The molecule has 4 heteroatoms. The quantitative estimate of drug-likeness (QED) is 0.911. The van der Waals surface area contributed by atoms with Crippen LogP contribution in [0.1, 0.15) is 30.5 Å². The standard InChI is InChI=1S/C15H17N3O.C2H6/c1-9-4-5-14-12(6-9)10(2)13(15(19)18-14)7-11(8-16)17-3;1-2/h4-6,11,17H,7H2,1-3H3,(H,18,19);1-2H3. The number of pyridine rings is 1. The fourth-order valence-corrected chi connectivity index (χ4v) is 2.27. The van der Waals surface area contributed by atoms with E-state index in [2.05, 4.69) is 22.4 Å². The molecule has 1 atom stereocenters. The monoisotopic (exact) mass is 285 g/mol. The number of likely N-dealkylation sites (N-methyl/N-ethyl adjacent to an activating group) is 1. The lowest BCUT2D eigenvalue weighted by Crippen LogP contribution is -2.29. The molecule has 0 aliphatic rings. The minimum absolute atomic E-state index is 0.107. The number of hydrogen-bond donors (Lipinski definition) is 2. The van der Waals surface area contributed by atoms with Crippen LogP contribution >= 0.6 is 0 Å². The molecule has 112 valence electrons. The van der Waals surface area contributed by atoms with Crippen LogP contribution in [0.3, 0.4) is 0 Å². The molecule has 1 aromatic carbocycles. The van der Waals surface area contributed by atoms with Gasteiger partial charge in [-0.05, 0) is 38.6 Å². The molecule has 0 bridgehead atoms. The second-order valence-corrected chi connectivity index (χ2v) is 4.78. The Morgan fingerprint density at radius 3 is 2.57 bits per heavy atom. The Morgan fingerprint density at radius 1 is 1.33 bits per heavy atom. The first kappa shape index (κ1) is 16.9. The van der Waals surface area contributed by atoms with Crippen LogP contribution in [-0.4, -0.2) is 18.1 Å². The zero-order valence-electron chi connectivity index (χ0n) is 13.4. The molecule has 0 saturated carbocycles. The molecule has 4 nitrogen and oxygen atoms in total. The number of aryl methyl sites for hydroxylation is 2. The average Bonchev–Trinajstić information content (AvgIpc) is 2.50. The molecular formula is C17H23N3O. The van der Waals surface area contributed by atoms with Crippen molar-refractivity contribution in [2.24, 2.45) is 0 Å². The Morgan fingerprint density at radius 2 is 2.00 bits per heavy atom. The minimum atomic E-state index is -0.345. The van der Waals surface area contributed by atoms with Crippen LogP contribution in [0.2, 0.25) is 0 Å². The summed E-state index contributed by atoms with van der Waals surface area (Å²) in [5, 5.41) is 12.9. The molecule has 2 aromatic rings. The predicted octanol–water partition coefficient (Wildman–Crippen LogP) is 2.83. The summed E-state index contributed by atoms with van der Waals surface area (Å²) in [6.07, 6.45) is 0.415. The summed E-state index contributed by atoms with van der Waals surface area (Å²) in [5.41, 5.74) is 3.52. The maximum Gasteiger partial charge on any atom is 0.251 e.